The smallest absolute Gasteiger partial charge is 0.235 e. The lowest BCUT2D eigenvalue weighted by Crippen LogP contribution is -2.27. The Bertz CT molecular complexity index is 588. The van der Waals surface area contributed by atoms with Gasteiger partial charge in [-0.2, -0.15) is 0 Å². The van der Waals surface area contributed by atoms with Crippen molar-refractivity contribution in [3.63, 3.8) is 0 Å². The van der Waals surface area contributed by atoms with Gasteiger partial charge in [-0.1, -0.05) is 30.3 Å². The monoisotopic (exact) mass is 255 g/mol. The fraction of sp³-hybridized carbons (Fsp3) is 0.188. The number of rotatable bonds is 3. The summed E-state index contributed by atoms with van der Waals surface area (Å²) >= 11 is 0. The molecule has 2 aromatic rings. The highest BCUT2D eigenvalue weighted by atomic mass is 19.1. The molecular formula is C16H14FNO. The van der Waals surface area contributed by atoms with Crippen LogP contribution in [0.4, 0.5) is 10.1 Å². The van der Waals surface area contributed by atoms with Gasteiger partial charge in [0.15, 0.2) is 0 Å². The summed E-state index contributed by atoms with van der Waals surface area (Å²) in [5.41, 5.74) is 1.21. The van der Waals surface area contributed by atoms with Gasteiger partial charge >= 0.3 is 0 Å². The van der Waals surface area contributed by atoms with Gasteiger partial charge in [-0.15, -0.1) is 0 Å². The summed E-state index contributed by atoms with van der Waals surface area (Å²) in [5, 5.41) is 2.93. The van der Waals surface area contributed by atoms with Gasteiger partial charge < -0.3 is 5.32 Å². The molecule has 0 spiro atoms. The van der Waals surface area contributed by atoms with Crippen molar-refractivity contribution in [3.05, 3.63) is 66.0 Å². The Morgan fingerprint density at radius 1 is 1.00 bits per heavy atom. The van der Waals surface area contributed by atoms with Crippen LogP contribution in [0.15, 0.2) is 54.6 Å². The third kappa shape index (κ3) is 2.24. The van der Waals surface area contributed by atoms with Gasteiger partial charge in [-0.05, 0) is 42.7 Å². The Morgan fingerprint density at radius 2 is 1.63 bits per heavy atom. The van der Waals surface area contributed by atoms with E-state index in [-0.39, 0.29) is 11.7 Å². The number of hydrogen-bond acceptors (Lipinski definition) is 1. The van der Waals surface area contributed by atoms with Crippen molar-refractivity contribution in [2.45, 2.75) is 18.3 Å². The number of hydrogen-bond donors (Lipinski definition) is 1. The van der Waals surface area contributed by atoms with Crippen molar-refractivity contribution in [2.75, 3.05) is 5.32 Å². The predicted octanol–water partition coefficient (Wildman–Crippen LogP) is 3.50. The maximum absolute atomic E-state index is 12.9. The van der Waals surface area contributed by atoms with Crippen LogP contribution in [0.1, 0.15) is 18.4 Å². The van der Waals surface area contributed by atoms with Crippen LogP contribution in [0, 0.1) is 5.82 Å². The summed E-state index contributed by atoms with van der Waals surface area (Å²) in [6, 6.07) is 15.6. The number of carbonyl (C=O) groups is 1. The SMILES string of the molecule is O=C(Nc1ccccc1)C1(c2ccc(F)cc2)CC1. The Labute approximate surface area is 111 Å². The van der Waals surface area contributed by atoms with Gasteiger partial charge in [-0.25, -0.2) is 4.39 Å². The van der Waals surface area contributed by atoms with E-state index < -0.39 is 5.41 Å². The van der Waals surface area contributed by atoms with Gasteiger partial charge in [-0.3, -0.25) is 4.79 Å². The van der Waals surface area contributed by atoms with Gasteiger partial charge in [0.1, 0.15) is 5.82 Å². The number of anilines is 1. The standard InChI is InChI=1S/C16H14FNO/c17-13-8-6-12(7-9-13)16(10-11-16)15(19)18-14-4-2-1-3-5-14/h1-9H,10-11H2,(H,18,19). The van der Waals surface area contributed by atoms with E-state index >= 15 is 0 Å². The topological polar surface area (TPSA) is 29.1 Å². The van der Waals surface area contributed by atoms with Gasteiger partial charge in [0.2, 0.25) is 5.91 Å². The van der Waals surface area contributed by atoms with Crippen molar-refractivity contribution >= 4 is 11.6 Å². The zero-order valence-electron chi connectivity index (χ0n) is 10.4. The van der Waals surface area contributed by atoms with Crippen molar-refractivity contribution < 1.29 is 9.18 Å². The molecule has 1 amide bonds. The molecule has 1 N–H and O–H groups in total. The van der Waals surface area contributed by atoms with E-state index in [1.54, 1.807) is 12.1 Å². The van der Waals surface area contributed by atoms with Crippen LogP contribution in [-0.2, 0) is 10.2 Å². The first-order chi connectivity index (χ1) is 9.21. The zero-order chi connectivity index (χ0) is 13.3. The lowest BCUT2D eigenvalue weighted by Gasteiger charge is -2.15. The lowest BCUT2D eigenvalue weighted by molar-refractivity contribution is -0.118. The van der Waals surface area contributed by atoms with E-state index in [4.69, 9.17) is 0 Å². The Hall–Kier alpha value is -2.16. The van der Waals surface area contributed by atoms with Crippen molar-refractivity contribution in [2.24, 2.45) is 0 Å². The van der Waals surface area contributed by atoms with Crippen molar-refractivity contribution in [3.8, 4) is 0 Å². The fourth-order valence-corrected chi connectivity index (χ4v) is 2.31. The summed E-state index contributed by atoms with van der Waals surface area (Å²) in [5.74, 6) is -0.284. The van der Waals surface area contributed by atoms with Crippen LogP contribution in [0.2, 0.25) is 0 Å². The van der Waals surface area contributed by atoms with Crippen LogP contribution in [0.3, 0.4) is 0 Å². The molecular weight excluding hydrogens is 241 g/mol. The average molecular weight is 255 g/mol. The molecule has 0 radical (unpaired) electrons. The number of amides is 1. The van der Waals surface area contributed by atoms with Gasteiger partial charge in [0.25, 0.3) is 0 Å². The number of halogens is 1. The average Bonchev–Trinajstić information content (AvgIpc) is 3.22. The van der Waals surface area contributed by atoms with E-state index in [1.165, 1.54) is 12.1 Å². The number of benzene rings is 2. The summed E-state index contributed by atoms with van der Waals surface area (Å²) in [7, 11) is 0. The van der Waals surface area contributed by atoms with Crippen molar-refractivity contribution in [1.29, 1.82) is 0 Å². The molecule has 1 aliphatic carbocycles. The second-order valence-corrected chi connectivity index (χ2v) is 4.91. The largest absolute Gasteiger partial charge is 0.325 e. The van der Waals surface area contributed by atoms with Crippen LogP contribution in [0.5, 0.6) is 0 Å². The maximum Gasteiger partial charge on any atom is 0.235 e. The Morgan fingerprint density at radius 3 is 2.21 bits per heavy atom. The maximum atomic E-state index is 12.9. The lowest BCUT2D eigenvalue weighted by atomic mass is 9.95. The van der Waals surface area contributed by atoms with E-state index in [9.17, 15) is 9.18 Å². The summed E-state index contributed by atoms with van der Waals surface area (Å²) in [6.45, 7) is 0. The number of carbonyl (C=O) groups excluding carboxylic acids is 1. The first-order valence-electron chi connectivity index (χ1n) is 6.33. The van der Waals surface area contributed by atoms with Crippen molar-refractivity contribution in [1.82, 2.24) is 0 Å². The van der Waals surface area contributed by atoms with Gasteiger partial charge in [0, 0.05) is 5.69 Å². The minimum Gasteiger partial charge on any atom is -0.325 e. The van der Waals surface area contributed by atoms with Crippen LogP contribution < -0.4 is 5.32 Å². The number of para-hydroxylation sites is 1. The molecule has 0 aliphatic heterocycles. The minimum absolute atomic E-state index is 0.00897. The first-order valence-corrected chi connectivity index (χ1v) is 6.33. The molecule has 3 rings (SSSR count). The zero-order valence-corrected chi connectivity index (χ0v) is 10.4. The summed E-state index contributed by atoms with van der Waals surface area (Å²) < 4.78 is 12.9. The minimum atomic E-state index is -0.469. The molecule has 2 aromatic carbocycles. The molecule has 1 fully saturated rings. The fourth-order valence-electron chi connectivity index (χ4n) is 2.31. The summed E-state index contributed by atoms with van der Waals surface area (Å²) in [6.07, 6.45) is 1.63. The molecule has 0 heterocycles. The Balaban J connectivity index is 1.81. The quantitative estimate of drug-likeness (QED) is 0.893. The molecule has 0 bridgehead atoms. The van der Waals surface area contributed by atoms with Crippen LogP contribution >= 0.6 is 0 Å². The second-order valence-electron chi connectivity index (χ2n) is 4.91. The summed E-state index contributed by atoms with van der Waals surface area (Å²) in [4.78, 5) is 12.4. The van der Waals surface area contributed by atoms with E-state index in [2.05, 4.69) is 5.32 Å². The molecule has 96 valence electrons. The van der Waals surface area contributed by atoms with E-state index in [0.717, 1.165) is 24.1 Å². The highest BCUT2D eigenvalue weighted by Gasteiger charge is 2.51. The first kappa shape index (κ1) is 11.9. The molecule has 1 aliphatic rings. The predicted molar refractivity (Wildman–Crippen MR) is 72.4 cm³/mol. The molecule has 0 saturated heterocycles. The second kappa shape index (κ2) is 4.50. The van der Waals surface area contributed by atoms with Crippen LogP contribution in [0.25, 0.3) is 0 Å². The molecule has 19 heavy (non-hydrogen) atoms. The highest BCUT2D eigenvalue weighted by molar-refractivity contribution is 6.01. The normalized spacial score (nSPS) is 15.8. The molecule has 0 unspecified atom stereocenters. The number of nitrogens with one attached hydrogen (secondary N) is 1. The highest BCUT2D eigenvalue weighted by Crippen LogP contribution is 2.48. The third-order valence-electron chi connectivity index (χ3n) is 3.61. The van der Waals surface area contributed by atoms with E-state index in [0.29, 0.717) is 0 Å². The molecule has 2 nitrogen and oxygen atoms in total. The third-order valence-corrected chi connectivity index (χ3v) is 3.61. The molecule has 1 saturated carbocycles. The van der Waals surface area contributed by atoms with Gasteiger partial charge in [0.05, 0.1) is 5.41 Å². The van der Waals surface area contributed by atoms with Crippen LogP contribution in [-0.4, -0.2) is 5.91 Å². The molecule has 0 atom stereocenters. The molecule has 0 aromatic heterocycles. The molecule has 3 heteroatoms. The Kier molecular flexibility index (Phi) is 2.82. The van der Waals surface area contributed by atoms with E-state index in [1.807, 2.05) is 30.3 Å².